The van der Waals surface area contributed by atoms with Crippen LogP contribution in [0.2, 0.25) is 0 Å². The lowest BCUT2D eigenvalue weighted by molar-refractivity contribution is 0.153. The molecule has 0 fully saturated rings. The van der Waals surface area contributed by atoms with E-state index in [2.05, 4.69) is 0 Å². The summed E-state index contributed by atoms with van der Waals surface area (Å²) in [6.45, 7) is 1.95. The van der Waals surface area contributed by atoms with Gasteiger partial charge in [-0.25, -0.2) is 0 Å². The van der Waals surface area contributed by atoms with Gasteiger partial charge >= 0.3 is 0 Å². The molecule has 1 aromatic heterocycles. The molecular formula is C15H26N2O5. The molecule has 0 unspecified atom stereocenters. The van der Waals surface area contributed by atoms with E-state index in [9.17, 15) is 9.90 Å². The molecular weight excluding hydrogens is 288 g/mol. The third-order valence-electron chi connectivity index (χ3n) is 3.47. The molecule has 7 heteroatoms. The molecule has 0 bridgehead atoms. The SMILES string of the molecule is O=c1cc(CN(CCO)CCO)n(CCCCCO)cc1O. The largest absolute Gasteiger partial charge is 0.503 e. The average Bonchev–Trinajstić information content (AvgIpc) is 2.48. The zero-order chi connectivity index (χ0) is 16.4. The van der Waals surface area contributed by atoms with Crippen LogP contribution in [0.15, 0.2) is 17.1 Å². The number of aliphatic hydroxyl groups excluding tert-OH is 3. The van der Waals surface area contributed by atoms with Gasteiger partial charge in [0.05, 0.1) is 19.4 Å². The molecule has 0 aliphatic rings. The number of aromatic nitrogens is 1. The maximum Gasteiger partial charge on any atom is 0.223 e. The Kier molecular flexibility index (Phi) is 8.76. The van der Waals surface area contributed by atoms with E-state index in [1.807, 2.05) is 9.47 Å². The smallest absolute Gasteiger partial charge is 0.223 e. The van der Waals surface area contributed by atoms with E-state index in [-0.39, 0.29) is 25.6 Å². The van der Waals surface area contributed by atoms with Crippen molar-refractivity contribution in [3.05, 3.63) is 28.2 Å². The van der Waals surface area contributed by atoms with Crippen molar-refractivity contribution in [3.63, 3.8) is 0 Å². The first-order chi connectivity index (χ1) is 10.6. The van der Waals surface area contributed by atoms with Crippen LogP contribution in [0.25, 0.3) is 0 Å². The van der Waals surface area contributed by atoms with Crippen LogP contribution in [0, 0.1) is 0 Å². The van der Waals surface area contributed by atoms with Gasteiger partial charge in [-0.3, -0.25) is 9.69 Å². The first-order valence-corrected chi connectivity index (χ1v) is 7.59. The van der Waals surface area contributed by atoms with Crippen LogP contribution in [0.4, 0.5) is 0 Å². The Labute approximate surface area is 130 Å². The van der Waals surface area contributed by atoms with E-state index in [4.69, 9.17) is 15.3 Å². The number of rotatable bonds is 11. The summed E-state index contributed by atoms with van der Waals surface area (Å²) in [7, 11) is 0. The number of hydrogen-bond donors (Lipinski definition) is 4. The van der Waals surface area contributed by atoms with E-state index in [1.54, 1.807) is 0 Å². The van der Waals surface area contributed by atoms with Crippen molar-refractivity contribution in [2.75, 3.05) is 32.9 Å². The number of hydrogen-bond acceptors (Lipinski definition) is 6. The minimum Gasteiger partial charge on any atom is -0.503 e. The van der Waals surface area contributed by atoms with Gasteiger partial charge in [0, 0.05) is 44.5 Å². The second kappa shape index (κ2) is 10.3. The average molecular weight is 314 g/mol. The van der Waals surface area contributed by atoms with E-state index < -0.39 is 5.43 Å². The fourth-order valence-corrected chi connectivity index (χ4v) is 2.30. The molecule has 1 rings (SSSR count). The molecule has 4 N–H and O–H groups in total. The second-order valence-corrected chi connectivity index (χ2v) is 5.22. The molecule has 0 amide bonds. The van der Waals surface area contributed by atoms with E-state index in [0.717, 1.165) is 25.0 Å². The van der Waals surface area contributed by atoms with Gasteiger partial charge in [0.25, 0.3) is 0 Å². The summed E-state index contributed by atoms with van der Waals surface area (Å²) in [6.07, 6.45) is 3.84. The highest BCUT2D eigenvalue weighted by molar-refractivity contribution is 5.20. The number of unbranched alkanes of at least 4 members (excludes halogenated alkanes) is 2. The molecule has 0 atom stereocenters. The van der Waals surface area contributed by atoms with Crippen LogP contribution >= 0.6 is 0 Å². The predicted octanol–water partition coefficient (Wildman–Crippen LogP) is -0.497. The zero-order valence-electron chi connectivity index (χ0n) is 12.8. The number of pyridine rings is 1. The van der Waals surface area contributed by atoms with Gasteiger partial charge in [-0.15, -0.1) is 0 Å². The van der Waals surface area contributed by atoms with Gasteiger partial charge in [0.2, 0.25) is 5.43 Å². The molecule has 126 valence electrons. The van der Waals surface area contributed by atoms with Crippen LogP contribution in [-0.4, -0.2) is 62.8 Å². The van der Waals surface area contributed by atoms with Crippen molar-refractivity contribution in [2.24, 2.45) is 0 Å². The zero-order valence-corrected chi connectivity index (χ0v) is 12.8. The topological polar surface area (TPSA) is 106 Å². The Hall–Kier alpha value is -1.41. The standard InChI is InChI=1S/C15H26N2O5/c18-7-3-1-2-4-17-12-15(22)14(21)10-13(17)11-16(5-8-19)6-9-20/h10,12,18-20,22H,1-9,11H2. The van der Waals surface area contributed by atoms with Crippen molar-refractivity contribution in [1.82, 2.24) is 9.47 Å². The molecule has 1 heterocycles. The Morgan fingerprint density at radius 3 is 2.27 bits per heavy atom. The Morgan fingerprint density at radius 2 is 1.68 bits per heavy atom. The minimum atomic E-state index is -0.436. The number of aliphatic hydroxyl groups is 3. The molecule has 22 heavy (non-hydrogen) atoms. The normalized spacial score (nSPS) is 11.3. The van der Waals surface area contributed by atoms with Gasteiger partial charge in [0.15, 0.2) is 5.75 Å². The third kappa shape index (κ3) is 6.15. The Morgan fingerprint density at radius 1 is 1.00 bits per heavy atom. The first-order valence-electron chi connectivity index (χ1n) is 7.59. The number of nitrogens with zero attached hydrogens (tertiary/aromatic N) is 2. The second-order valence-electron chi connectivity index (χ2n) is 5.22. The summed E-state index contributed by atoms with van der Waals surface area (Å²) in [4.78, 5) is 13.5. The van der Waals surface area contributed by atoms with Gasteiger partial charge in [-0.2, -0.15) is 0 Å². The van der Waals surface area contributed by atoms with Crippen LogP contribution in [0.3, 0.4) is 0 Å². The van der Waals surface area contributed by atoms with Gasteiger partial charge in [-0.05, 0) is 19.3 Å². The summed E-state index contributed by atoms with van der Waals surface area (Å²) in [5.41, 5.74) is 0.295. The van der Waals surface area contributed by atoms with Crippen molar-refractivity contribution >= 4 is 0 Å². The Bertz CT molecular complexity index is 483. The summed E-state index contributed by atoms with van der Waals surface area (Å²) in [5, 5.41) is 36.5. The molecule has 0 saturated heterocycles. The number of aromatic hydroxyl groups is 1. The third-order valence-corrected chi connectivity index (χ3v) is 3.47. The fourth-order valence-electron chi connectivity index (χ4n) is 2.30. The minimum absolute atomic E-state index is 0.0290. The quantitative estimate of drug-likeness (QED) is 0.411. The molecule has 0 aromatic carbocycles. The lowest BCUT2D eigenvalue weighted by Crippen LogP contribution is -2.31. The number of aryl methyl sites for hydroxylation is 1. The van der Waals surface area contributed by atoms with Crippen molar-refractivity contribution < 1.29 is 20.4 Å². The van der Waals surface area contributed by atoms with Crippen molar-refractivity contribution in [2.45, 2.75) is 32.4 Å². The molecule has 0 aliphatic carbocycles. The van der Waals surface area contributed by atoms with Crippen LogP contribution < -0.4 is 5.43 Å². The van der Waals surface area contributed by atoms with Crippen LogP contribution in [0.5, 0.6) is 5.75 Å². The summed E-state index contributed by atoms with van der Waals surface area (Å²) in [5.74, 6) is -0.290. The lowest BCUT2D eigenvalue weighted by atomic mass is 10.2. The van der Waals surface area contributed by atoms with E-state index >= 15 is 0 Å². The van der Waals surface area contributed by atoms with Gasteiger partial charge < -0.3 is 25.0 Å². The van der Waals surface area contributed by atoms with Crippen LogP contribution in [-0.2, 0) is 13.1 Å². The molecule has 1 aromatic rings. The van der Waals surface area contributed by atoms with Crippen LogP contribution in [0.1, 0.15) is 25.0 Å². The van der Waals surface area contributed by atoms with E-state index in [0.29, 0.717) is 26.2 Å². The maximum atomic E-state index is 11.7. The fraction of sp³-hybridized carbons (Fsp3) is 0.667. The van der Waals surface area contributed by atoms with Crippen molar-refractivity contribution in [1.29, 1.82) is 0 Å². The summed E-state index contributed by atoms with van der Waals surface area (Å²) in [6, 6.07) is 1.39. The molecule has 0 radical (unpaired) electrons. The van der Waals surface area contributed by atoms with Crippen molar-refractivity contribution in [3.8, 4) is 5.75 Å². The molecule has 7 nitrogen and oxygen atoms in total. The maximum absolute atomic E-state index is 11.7. The van der Waals surface area contributed by atoms with E-state index in [1.165, 1.54) is 12.3 Å². The molecule has 0 spiro atoms. The lowest BCUT2D eigenvalue weighted by Gasteiger charge is -2.23. The molecule has 0 aliphatic heterocycles. The summed E-state index contributed by atoms with van der Waals surface area (Å²) >= 11 is 0. The monoisotopic (exact) mass is 314 g/mol. The Balaban J connectivity index is 2.84. The highest BCUT2D eigenvalue weighted by Crippen LogP contribution is 2.10. The predicted molar refractivity (Wildman–Crippen MR) is 82.8 cm³/mol. The highest BCUT2D eigenvalue weighted by Gasteiger charge is 2.10. The molecule has 0 saturated carbocycles. The van der Waals surface area contributed by atoms with Gasteiger partial charge in [0.1, 0.15) is 0 Å². The first kappa shape index (κ1) is 18.6. The highest BCUT2D eigenvalue weighted by atomic mass is 16.3. The summed E-state index contributed by atoms with van der Waals surface area (Å²) < 4.78 is 1.82. The van der Waals surface area contributed by atoms with Gasteiger partial charge in [-0.1, -0.05) is 0 Å².